The lowest BCUT2D eigenvalue weighted by molar-refractivity contribution is -0.384. The van der Waals surface area contributed by atoms with Gasteiger partial charge in [-0.05, 0) is 11.5 Å². The van der Waals surface area contributed by atoms with Crippen molar-refractivity contribution in [1.29, 1.82) is 0 Å². The van der Waals surface area contributed by atoms with E-state index >= 15 is 0 Å². The van der Waals surface area contributed by atoms with E-state index in [9.17, 15) is 14.9 Å². The average Bonchev–Trinajstić information content (AvgIpc) is 2.28. The second kappa shape index (κ2) is 5.43. The van der Waals surface area contributed by atoms with E-state index in [0.717, 1.165) is 0 Å². The van der Waals surface area contributed by atoms with E-state index < -0.39 is 10.8 Å². The number of esters is 1. The fraction of sp³-hybridized carbons (Fsp3) is 0.417. The van der Waals surface area contributed by atoms with Crippen LogP contribution in [0.4, 0.5) is 5.69 Å². The summed E-state index contributed by atoms with van der Waals surface area (Å²) < 4.78 is 4.72. The number of nitro groups is 1. The Hall–Kier alpha value is -1.91. The molecular weight excluding hydrogens is 222 g/mol. The van der Waals surface area contributed by atoms with Crippen LogP contribution < -0.4 is 0 Å². The SMILES string of the molecule is COC(=O)C(c1cccc([N+](=O)[O-])c1)C(C)C. The first-order chi connectivity index (χ1) is 7.97. The van der Waals surface area contributed by atoms with Gasteiger partial charge in [0.25, 0.3) is 5.69 Å². The normalized spacial score (nSPS) is 12.2. The van der Waals surface area contributed by atoms with Crippen LogP contribution in [0, 0.1) is 16.0 Å². The lowest BCUT2D eigenvalue weighted by Gasteiger charge is -2.18. The maximum Gasteiger partial charge on any atom is 0.313 e. The zero-order chi connectivity index (χ0) is 13.0. The summed E-state index contributed by atoms with van der Waals surface area (Å²) in [6.45, 7) is 3.75. The molecular formula is C12H15NO4. The van der Waals surface area contributed by atoms with Crippen molar-refractivity contribution < 1.29 is 14.5 Å². The molecule has 0 aliphatic heterocycles. The Morgan fingerprint density at radius 2 is 2.06 bits per heavy atom. The summed E-state index contributed by atoms with van der Waals surface area (Å²) in [4.78, 5) is 21.8. The molecule has 17 heavy (non-hydrogen) atoms. The topological polar surface area (TPSA) is 69.4 Å². The second-order valence-corrected chi connectivity index (χ2v) is 4.10. The molecule has 1 unspecified atom stereocenters. The van der Waals surface area contributed by atoms with Gasteiger partial charge in [0.1, 0.15) is 0 Å². The van der Waals surface area contributed by atoms with Gasteiger partial charge in [-0.1, -0.05) is 26.0 Å². The number of rotatable bonds is 4. The minimum Gasteiger partial charge on any atom is -0.469 e. The summed E-state index contributed by atoms with van der Waals surface area (Å²) >= 11 is 0. The highest BCUT2D eigenvalue weighted by molar-refractivity contribution is 5.78. The first kappa shape index (κ1) is 13.2. The van der Waals surface area contributed by atoms with Crippen LogP contribution in [-0.2, 0) is 9.53 Å². The number of hydrogen-bond acceptors (Lipinski definition) is 4. The van der Waals surface area contributed by atoms with Crippen LogP contribution in [0.25, 0.3) is 0 Å². The highest BCUT2D eigenvalue weighted by Gasteiger charge is 2.26. The van der Waals surface area contributed by atoms with Crippen LogP contribution in [0.5, 0.6) is 0 Å². The number of nitro benzene ring substituents is 1. The standard InChI is InChI=1S/C12H15NO4/c1-8(2)11(12(14)17-3)9-5-4-6-10(7-9)13(15)16/h4-8,11H,1-3H3. The van der Waals surface area contributed by atoms with Crippen LogP contribution in [0.2, 0.25) is 0 Å². The Balaban J connectivity index is 3.15. The number of methoxy groups -OCH3 is 1. The quantitative estimate of drug-likeness (QED) is 0.458. The average molecular weight is 237 g/mol. The third-order valence-corrected chi connectivity index (χ3v) is 2.56. The zero-order valence-electron chi connectivity index (χ0n) is 10.0. The van der Waals surface area contributed by atoms with Crippen molar-refractivity contribution in [2.24, 2.45) is 5.92 Å². The van der Waals surface area contributed by atoms with Gasteiger partial charge in [-0.3, -0.25) is 14.9 Å². The van der Waals surface area contributed by atoms with Crippen molar-refractivity contribution in [1.82, 2.24) is 0 Å². The molecule has 0 saturated heterocycles. The molecule has 0 N–H and O–H groups in total. The van der Waals surface area contributed by atoms with Crippen molar-refractivity contribution in [3.8, 4) is 0 Å². The van der Waals surface area contributed by atoms with Crippen LogP contribution in [0.15, 0.2) is 24.3 Å². The highest BCUT2D eigenvalue weighted by atomic mass is 16.6. The molecule has 1 rings (SSSR count). The summed E-state index contributed by atoms with van der Waals surface area (Å²) in [5.41, 5.74) is 0.595. The molecule has 0 aromatic heterocycles. The fourth-order valence-electron chi connectivity index (χ4n) is 1.75. The number of non-ortho nitro benzene ring substituents is 1. The van der Waals surface area contributed by atoms with E-state index in [-0.39, 0.29) is 17.6 Å². The van der Waals surface area contributed by atoms with Crippen molar-refractivity contribution in [3.05, 3.63) is 39.9 Å². The number of benzene rings is 1. The number of carbonyl (C=O) groups is 1. The Bertz CT molecular complexity index is 428. The lowest BCUT2D eigenvalue weighted by Crippen LogP contribution is -2.19. The molecule has 0 radical (unpaired) electrons. The lowest BCUT2D eigenvalue weighted by atomic mass is 9.88. The Morgan fingerprint density at radius 3 is 2.53 bits per heavy atom. The maximum atomic E-state index is 11.6. The zero-order valence-corrected chi connectivity index (χ0v) is 10.0. The molecule has 92 valence electrons. The monoisotopic (exact) mass is 237 g/mol. The first-order valence-corrected chi connectivity index (χ1v) is 5.29. The minimum absolute atomic E-state index is 0.0166. The van der Waals surface area contributed by atoms with E-state index in [1.165, 1.54) is 19.2 Å². The summed E-state index contributed by atoms with van der Waals surface area (Å²) in [6.07, 6.45) is 0. The number of ether oxygens (including phenoxy) is 1. The molecule has 0 bridgehead atoms. The molecule has 0 aliphatic rings. The van der Waals surface area contributed by atoms with Gasteiger partial charge >= 0.3 is 5.97 Å². The summed E-state index contributed by atoms with van der Waals surface area (Å²) in [5.74, 6) is -0.829. The summed E-state index contributed by atoms with van der Waals surface area (Å²) in [6, 6.07) is 6.10. The van der Waals surface area contributed by atoms with Crippen molar-refractivity contribution in [2.45, 2.75) is 19.8 Å². The van der Waals surface area contributed by atoms with Gasteiger partial charge in [0.2, 0.25) is 0 Å². The molecule has 0 aliphatic carbocycles. The molecule has 1 aromatic rings. The molecule has 5 heteroatoms. The van der Waals surface area contributed by atoms with Gasteiger partial charge in [0, 0.05) is 12.1 Å². The first-order valence-electron chi connectivity index (χ1n) is 5.29. The van der Waals surface area contributed by atoms with E-state index in [0.29, 0.717) is 5.56 Å². The van der Waals surface area contributed by atoms with Crippen LogP contribution >= 0.6 is 0 Å². The van der Waals surface area contributed by atoms with Gasteiger partial charge in [-0.2, -0.15) is 0 Å². The van der Waals surface area contributed by atoms with Gasteiger partial charge in [0.15, 0.2) is 0 Å². The van der Waals surface area contributed by atoms with Gasteiger partial charge in [0.05, 0.1) is 18.0 Å². The van der Waals surface area contributed by atoms with Crippen LogP contribution in [0.1, 0.15) is 25.3 Å². The Labute approximate surface area is 99.5 Å². The molecule has 1 atom stereocenters. The Kier molecular flexibility index (Phi) is 4.20. The van der Waals surface area contributed by atoms with Gasteiger partial charge in [-0.25, -0.2) is 0 Å². The molecule has 0 amide bonds. The van der Waals surface area contributed by atoms with E-state index in [1.54, 1.807) is 12.1 Å². The molecule has 0 saturated carbocycles. The Morgan fingerprint density at radius 1 is 1.41 bits per heavy atom. The van der Waals surface area contributed by atoms with Gasteiger partial charge < -0.3 is 4.74 Å². The number of nitrogens with zero attached hydrogens (tertiary/aromatic N) is 1. The van der Waals surface area contributed by atoms with Crippen molar-refractivity contribution in [2.75, 3.05) is 7.11 Å². The van der Waals surface area contributed by atoms with E-state index in [4.69, 9.17) is 4.74 Å². The van der Waals surface area contributed by atoms with Crippen LogP contribution in [-0.4, -0.2) is 18.0 Å². The molecule has 0 spiro atoms. The predicted octanol–water partition coefficient (Wildman–Crippen LogP) is 2.51. The smallest absolute Gasteiger partial charge is 0.313 e. The van der Waals surface area contributed by atoms with Crippen molar-refractivity contribution in [3.63, 3.8) is 0 Å². The van der Waals surface area contributed by atoms with Crippen LogP contribution in [0.3, 0.4) is 0 Å². The summed E-state index contributed by atoms with van der Waals surface area (Å²) in [5, 5.41) is 10.7. The van der Waals surface area contributed by atoms with Crippen molar-refractivity contribution >= 4 is 11.7 Å². The molecule has 0 fully saturated rings. The second-order valence-electron chi connectivity index (χ2n) is 4.10. The fourth-order valence-corrected chi connectivity index (χ4v) is 1.75. The van der Waals surface area contributed by atoms with E-state index in [1.807, 2.05) is 13.8 Å². The minimum atomic E-state index is -0.474. The maximum absolute atomic E-state index is 11.6. The summed E-state index contributed by atoms with van der Waals surface area (Å²) in [7, 11) is 1.31. The third-order valence-electron chi connectivity index (χ3n) is 2.56. The number of hydrogen-bond donors (Lipinski definition) is 0. The molecule has 0 heterocycles. The number of carbonyl (C=O) groups excluding carboxylic acids is 1. The predicted molar refractivity (Wildman–Crippen MR) is 62.7 cm³/mol. The third kappa shape index (κ3) is 3.03. The van der Waals surface area contributed by atoms with Gasteiger partial charge in [-0.15, -0.1) is 0 Å². The van der Waals surface area contributed by atoms with E-state index in [2.05, 4.69) is 0 Å². The molecule has 5 nitrogen and oxygen atoms in total. The largest absolute Gasteiger partial charge is 0.469 e. The molecule has 1 aromatic carbocycles. The highest BCUT2D eigenvalue weighted by Crippen LogP contribution is 2.28.